The number of nitrogens with zero attached hydrogens (tertiary/aromatic N) is 1. The standard InChI is InChI=1S/C20H22N2/c1-3-22-10-9-17-18(15-7-5-4-6-8-15)12-16-11-14(2)21-20(16)19(17)13-22/h4-8,12,21H,2-3,9-11,13H2,1H3. The molecule has 2 aromatic carbocycles. The van der Waals surface area contributed by atoms with Crippen molar-refractivity contribution in [2.45, 2.75) is 26.3 Å². The fourth-order valence-electron chi connectivity index (χ4n) is 3.76. The van der Waals surface area contributed by atoms with Crippen LogP contribution < -0.4 is 5.32 Å². The molecule has 0 radical (unpaired) electrons. The Morgan fingerprint density at radius 2 is 2.00 bits per heavy atom. The van der Waals surface area contributed by atoms with Gasteiger partial charge < -0.3 is 5.32 Å². The maximum Gasteiger partial charge on any atom is 0.0467 e. The van der Waals surface area contributed by atoms with Crippen LogP contribution >= 0.6 is 0 Å². The second kappa shape index (κ2) is 5.29. The average molecular weight is 290 g/mol. The van der Waals surface area contributed by atoms with Gasteiger partial charge in [0.25, 0.3) is 0 Å². The van der Waals surface area contributed by atoms with Gasteiger partial charge in [-0.1, -0.05) is 43.8 Å². The van der Waals surface area contributed by atoms with Crippen LogP contribution in [0.4, 0.5) is 5.69 Å². The molecular weight excluding hydrogens is 268 g/mol. The summed E-state index contributed by atoms with van der Waals surface area (Å²) in [6.45, 7) is 9.71. The van der Waals surface area contributed by atoms with E-state index in [-0.39, 0.29) is 0 Å². The van der Waals surface area contributed by atoms with Crippen LogP contribution in [0.3, 0.4) is 0 Å². The van der Waals surface area contributed by atoms with E-state index in [1.54, 1.807) is 0 Å². The molecule has 0 fully saturated rings. The molecule has 1 N–H and O–H groups in total. The zero-order valence-corrected chi connectivity index (χ0v) is 13.2. The molecular formula is C20H22N2. The van der Waals surface area contributed by atoms with E-state index in [0.717, 1.165) is 38.2 Å². The van der Waals surface area contributed by atoms with Crippen LogP contribution in [0.25, 0.3) is 11.1 Å². The largest absolute Gasteiger partial charge is 0.359 e. The Bertz CT molecular complexity index is 731. The number of anilines is 1. The molecule has 2 aromatic rings. The molecule has 2 nitrogen and oxygen atoms in total. The molecule has 4 rings (SSSR count). The van der Waals surface area contributed by atoms with Crippen LogP contribution in [0, 0.1) is 0 Å². The van der Waals surface area contributed by atoms with E-state index in [0.29, 0.717) is 0 Å². The highest BCUT2D eigenvalue weighted by Gasteiger charge is 2.27. The van der Waals surface area contributed by atoms with E-state index in [1.165, 1.54) is 33.5 Å². The van der Waals surface area contributed by atoms with Crippen molar-refractivity contribution in [1.29, 1.82) is 0 Å². The highest BCUT2D eigenvalue weighted by molar-refractivity contribution is 5.79. The lowest BCUT2D eigenvalue weighted by Crippen LogP contribution is -2.31. The third-order valence-electron chi connectivity index (χ3n) is 4.93. The fraction of sp³-hybridized carbons (Fsp3) is 0.300. The molecule has 0 atom stereocenters. The number of hydrogen-bond acceptors (Lipinski definition) is 2. The van der Waals surface area contributed by atoms with Crippen LogP contribution in [0.2, 0.25) is 0 Å². The number of allylic oxidation sites excluding steroid dienone is 1. The van der Waals surface area contributed by atoms with Crippen LogP contribution in [0.5, 0.6) is 0 Å². The third-order valence-corrected chi connectivity index (χ3v) is 4.93. The molecule has 2 heteroatoms. The molecule has 0 bridgehead atoms. The summed E-state index contributed by atoms with van der Waals surface area (Å²) in [6.07, 6.45) is 2.09. The first kappa shape index (κ1) is 13.6. The van der Waals surface area contributed by atoms with Crippen molar-refractivity contribution in [3.8, 4) is 11.1 Å². The maximum atomic E-state index is 4.13. The fourth-order valence-corrected chi connectivity index (χ4v) is 3.76. The monoisotopic (exact) mass is 290 g/mol. The lowest BCUT2D eigenvalue weighted by atomic mass is 9.87. The van der Waals surface area contributed by atoms with Crippen LogP contribution in [-0.4, -0.2) is 18.0 Å². The molecule has 0 aromatic heterocycles. The average Bonchev–Trinajstić information content (AvgIpc) is 2.95. The van der Waals surface area contributed by atoms with Gasteiger partial charge >= 0.3 is 0 Å². The van der Waals surface area contributed by atoms with Gasteiger partial charge in [0.05, 0.1) is 0 Å². The van der Waals surface area contributed by atoms with E-state index >= 15 is 0 Å². The molecule has 0 amide bonds. The lowest BCUT2D eigenvalue weighted by molar-refractivity contribution is 0.269. The minimum atomic E-state index is 0.953. The second-order valence-electron chi connectivity index (χ2n) is 6.31. The third kappa shape index (κ3) is 2.15. The van der Waals surface area contributed by atoms with Gasteiger partial charge in [0.1, 0.15) is 0 Å². The van der Waals surface area contributed by atoms with Crippen LogP contribution in [0.15, 0.2) is 48.7 Å². The Labute approximate surface area is 132 Å². The second-order valence-corrected chi connectivity index (χ2v) is 6.31. The summed E-state index contributed by atoms with van der Waals surface area (Å²) in [6, 6.07) is 13.2. The Kier molecular flexibility index (Phi) is 3.27. The van der Waals surface area contributed by atoms with E-state index in [1.807, 2.05) is 0 Å². The highest BCUT2D eigenvalue weighted by atomic mass is 15.1. The minimum absolute atomic E-state index is 0.953. The smallest absolute Gasteiger partial charge is 0.0467 e. The predicted molar refractivity (Wildman–Crippen MR) is 93.0 cm³/mol. The zero-order chi connectivity index (χ0) is 15.1. The number of rotatable bonds is 2. The SMILES string of the molecule is C=C1Cc2cc(-c3ccccc3)c3c(c2N1)CN(CC)CC3. The van der Waals surface area contributed by atoms with E-state index in [9.17, 15) is 0 Å². The first-order chi connectivity index (χ1) is 10.8. The Balaban J connectivity index is 1.91. The number of likely N-dealkylation sites (N-methyl/N-ethyl adjacent to an activating group) is 1. The van der Waals surface area contributed by atoms with Gasteiger partial charge in [0.15, 0.2) is 0 Å². The summed E-state index contributed by atoms with van der Waals surface area (Å²) in [5.41, 5.74) is 9.62. The van der Waals surface area contributed by atoms with Crippen molar-refractivity contribution in [2.24, 2.45) is 0 Å². The molecule has 0 saturated heterocycles. The van der Waals surface area contributed by atoms with Gasteiger partial charge in [-0.15, -0.1) is 0 Å². The van der Waals surface area contributed by atoms with Crippen molar-refractivity contribution in [3.63, 3.8) is 0 Å². The number of fused-ring (bicyclic) bond motifs is 3. The first-order valence-corrected chi connectivity index (χ1v) is 8.16. The normalized spacial score (nSPS) is 17.0. The van der Waals surface area contributed by atoms with E-state index in [2.05, 4.69) is 60.1 Å². The van der Waals surface area contributed by atoms with Crippen molar-refractivity contribution in [3.05, 3.63) is 65.4 Å². The summed E-state index contributed by atoms with van der Waals surface area (Å²) < 4.78 is 0. The number of nitrogens with one attached hydrogen (secondary N) is 1. The summed E-state index contributed by atoms with van der Waals surface area (Å²) in [5.74, 6) is 0. The van der Waals surface area contributed by atoms with Crippen molar-refractivity contribution < 1.29 is 0 Å². The molecule has 2 aliphatic heterocycles. The highest BCUT2D eigenvalue weighted by Crippen LogP contribution is 2.41. The van der Waals surface area contributed by atoms with Gasteiger partial charge in [-0.3, -0.25) is 4.90 Å². The van der Waals surface area contributed by atoms with Crippen LogP contribution in [0.1, 0.15) is 23.6 Å². The summed E-state index contributed by atoms with van der Waals surface area (Å²) in [5, 5.41) is 3.53. The Hall–Kier alpha value is -2.06. The maximum absolute atomic E-state index is 4.13. The molecule has 0 unspecified atom stereocenters. The summed E-state index contributed by atoms with van der Waals surface area (Å²) >= 11 is 0. The molecule has 2 heterocycles. The van der Waals surface area contributed by atoms with Crippen LogP contribution in [-0.2, 0) is 19.4 Å². The first-order valence-electron chi connectivity index (χ1n) is 8.16. The van der Waals surface area contributed by atoms with Crippen molar-refractivity contribution >= 4 is 5.69 Å². The molecule has 2 aliphatic rings. The molecule has 0 saturated carbocycles. The van der Waals surface area contributed by atoms with E-state index < -0.39 is 0 Å². The van der Waals surface area contributed by atoms with Crippen molar-refractivity contribution in [2.75, 3.05) is 18.4 Å². The number of benzene rings is 2. The van der Waals surface area contributed by atoms with Gasteiger partial charge in [0, 0.05) is 30.9 Å². The quantitative estimate of drug-likeness (QED) is 0.891. The lowest BCUT2D eigenvalue weighted by Gasteiger charge is -2.31. The van der Waals surface area contributed by atoms with Gasteiger partial charge in [-0.25, -0.2) is 0 Å². The predicted octanol–water partition coefficient (Wildman–Crippen LogP) is 4.21. The van der Waals surface area contributed by atoms with Crippen molar-refractivity contribution in [1.82, 2.24) is 4.90 Å². The topological polar surface area (TPSA) is 15.3 Å². The zero-order valence-electron chi connectivity index (χ0n) is 13.2. The van der Waals surface area contributed by atoms with E-state index in [4.69, 9.17) is 0 Å². The molecule has 0 aliphatic carbocycles. The Morgan fingerprint density at radius 1 is 1.18 bits per heavy atom. The van der Waals surface area contributed by atoms with Gasteiger partial charge in [-0.05, 0) is 46.8 Å². The minimum Gasteiger partial charge on any atom is -0.359 e. The summed E-state index contributed by atoms with van der Waals surface area (Å²) in [7, 11) is 0. The molecule has 22 heavy (non-hydrogen) atoms. The summed E-state index contributed by atoms with van der Waals surface area (Å²) in [4.78, 5) is 2.53. The van der Waals surface area contributed by atoms with Gasteiger partial charge in [0.2, 0.25) is 0 Å². The Morgan fingerprint density at radius 3 is 2.77 bits per heavy atom. The molecule has 0 spiro atoms. The number of hydrogen-bond donors (Lipinski definition) is 1. The molecule has 112 valence electrons. The van der Waals surface area contributed by atoms with Gasteiger partial charge in [-0.2, -0.15) is 0 Å².